The van der Waals surface area contributed by atoms with Crippen molar-refractivity contribution in [3.8, 4) is 0 Å². The van der Waals surface area contributed by atoms with Crippen molar-refractivity contribution in [1.82, 2.24) is 9.78 Å². The lowest BCUT2D eigenvalue weighted by atomic mass is 10.3. The van der Waals surface area contributed by atoms with Crippen LogP contribution in [0.1, 0.15) is 5.69 Å². The van der Waals surface area contributed by atoms with Crippen molar-refractivity contribution in [2.75, 3.05) is 0 Å². The predicted octanol–water partition coefficient (Wildman–Crippen LogP) is 0.815. The van der Waals surface area contributed by atoms with Crippen molar-refractivity contribution in [2.45, 2.75) is 0 Å². The summed E-state index contributed by atoms with van der Waals surface area (Å²) in [6, 6.07) is 1.52. The molecular formula is C7H7FN2O2. The molecule has 4 nitrogen and oxygen atoms in total. The molecule has 1 heterocycles. The van der Waals surface area contributed by atoms with Gasteiger partial charge in [-0.25, -0.2) is 4.79 Å². The minimum Gasteiger partial charge on any atom is -0.476 e. The molecule has 0 fully saturated rings. The zero-order chi connectivity index (χ0) is 9.14. The van der Waals surface area contributed by atoms with Crippen LogP contribution in [0.2, 0.25) is 0 Å². The second-order valence-electron chi connectivity index (χ2n) is 2.18. The summed E-state index contributed by atoms with van der Waals surface area (Å²) in [5.74, 6) is -2.77. The summed E-state index contributed by atoms with van der Waals surface area (Å²) in [5, 5.41) is 11.9. The van der Waals surface area contributed by atoms with Gasteiger partial charge in [-0.05, 0) is 6.07 Å². The highest BCUT2D eigenvalue weighted by Gasteiger charge is 2.05. The van der Waals surface area contributed by atoms with E-state index in [0.717, 1.165) is 6.08 Å². The topological polar surface area (TPSA) is 55.1 Å². The molecule has 0 aromatic carbocycles. The highest BCUT2D eigenvalue weighted by Crippen LogP contribution is 2.06. The molecule has 0 unspecified atom stereocenters. The third-order valence-electron chi connectivity index (χ3n) is 1.34. The maximum atomic E-state index is 12.5. The standard InChI is InChI=1S/C7H7FN2O2/c1-10-5(2-3-9-10)4-6(8)7(11)12/h2-4H,1H3,(H,11,12)/b6-4+. The minimum atomic E-state index is -1.57. The van der Waals surface area contributed by atoms with E-state index in [0.29, 0.717) is 5.69 Å². The molecule has 12 heavy (non-hydrogen) atoms. The van der Waals surface area contributed by atoms with Crippen LogP contribution >= 0.6 is 0 Å². The van der Waals surface area contributed by atoms with Gasteiger partial charge in [-0.2, -0.15) is 9.49 Å². The SMILES string of the molecule is Cn1nccc1/C=C(/F)C(=O)O. The molecule has 0 aliphatic carbocycles. The van der Waals surface area contributed by atoms with E-state index in [1.54, 1.807) is 7.05 Å². The number of aliphatic carboxylic acids is 1. The fourth-order valence-electron chi connectivity index (χ4n) is 0.717. The summed E-state index contributed by atoms with van der Waals surface area (Å²) >= 11 is 0. The quantitative estimate of drug-likeness (QED) is 0.668. The zero-order valence-corrected chi connectivity index (χ0v) is 6.36. The fraction of sp³-hybridized carbons (Fsp3) is 0.143. The largest absolute Gasteiger partial charge is 0.476 e. The number of rotatable bonds is 2. The number of carboxylic acid groups (broad SMARTS) is 1. The summed E-state index contributed by atoms with van der Waals surface area (Å²) < 4.78 is 13.9. The number of hydrogen-bond acceptors (Lipinski definition) is 2. The van der Waals surface area contributed by atoms with Gasteiger partial charge in [-0.1, -0.05) is 0 Å². The predicted molar refractivity (Wildman–Crippen MR) is 39.9 cm³/mol. The third kappa shape index (κ3) is 1.69. The molecule has 1 aromatic heterocycles. The molecule has 0 aliphatic heterocycles. The molecule has 0 spiro atoms. The highest BCUT2D eigenvalue weighted by atomic mass is 19.1. The van der Waals surface area contributed by atoms with E-state index in [1.165, 1.54) is 16.9 Å². The van der Waals surface area contributed by atoms with Crippen LogP contribution in [-0.4, -0.2) is 20.9 Å². The molecule has 1 aromatic rings. The van der Waals surface area contributed by atoms with Crippen molar-refractivity contribution in [2.24, 2.45) is 7.05 Å². The molecule has 0 bridgehead atoms. The van der Waals surface area contributed by atoms with Crippen LogP contribution in [0.25, 0.3) is 6.08 Å². The van der Waals surface area contributed by atoms with E-state index in [1.807, 2.05) is 0 Å². The maximum Gasteiger partial charge on any atom is 0.364 e. The van der Waals surface area contributed by atoms with E-state index >= 15 is 0 Å². The monoisotopic (exact) mass is 170 g/mol. The Morgan fingerprint density at radius 2 is 2.50 bits per heavy atom. The molecule has 0 aliphatic rings. The Bertz CT molecular complexity index is 330. The van der Waals surface area contributed by atoms with Gasteiger partial charge in [0.1, 0.15) is 0 Å². The molecular weight excluding hydrogens is 163 g/mol. The van der Waals surface area contributed by atoms with Gasteiger partial charge in [0, 0.05) is 19.3 Å². The highest BCUT2D eigenvalue weighted by molar-refractivity contribution is 5.89. The molecule has 0 atom stereocenters. The van der Waals surface area contributed by atoms with Crippen molar-refractivity contribution >= 4 is 12.0 Å². The summed E-state index contributed by atoms with van der Waals surface area (Å²) in [4.78, 5) is 10.1. The summed E-state index contributed by atoms with van der Waals surface area (Å²) in [6.07, 6.45) is 2.37. The van der Waals surface area contributed by atoms with Crippen molar-refractivity contribution in [3.63, 3.8) is 0 Å². The lowest BCUT2D eigenvalue weighted by molar-refractivity contribution is -0.134. The first kappa shape index (κ1) is 8.45. The molecule has 1 rings (SSSR count). The Labute approximate surface area is 67.9 Å². The average Bonchev–Trinajstić information content (AvgIpc) is 2.36. The zero-order valence-electron chi connectivity index (χ0n) is 6.36. The smallest absolute Gasteiger partial charge is 0.364 e. The van der Waals surface area contributed by atoms with Gasteiger partial charge in [-0.3, -0.25) is 4.68 Å². The van der Waals surface area contributed by atoms with Gasteiger partial charge < -0.3 is 5.11 Å². The average molecular weight is 170 g/mol. The van der Waals surface area contributed by atoms with Crippen LogP contribution in [-0.2, 0) is 11.8 Å². The minimum absolute atomic E-state index is 0.412. The second kappa shape index (κ2) is 3.17. The van der Waals surface area contributed by atoms with E-state index < -0.39 is 11.8 Å². The molecule has 0 saturated heterocycles. The van der Waals surface area contributed by atoms with E-state index in [-0.39, 0.29) is 0 Å². The summed E-state index contributed by atoms with van der Waals surface area (Å²) in [5.41, 5.74) is 0.412. The van der Waals surface area contributed by atoms with Crippen LogP contribution < -0.4 is 0 Å². The van der Waals surface area contributed by atoms with Crippen molar-refractivity contribution in [3.05, 3.63) is 23.8 Å². The first-order chi connectivity index (χ1) is 5.61. The van der Waals surface area contributed by atoms with Crippen LogP contribution in [0.5, 0.6) is 0 Å². The van der Waals surface area contributed by atoms with Crippen molar-refractivity contribution < 1.29 is 14.3 Å². The van der Waals surface area contributed by atoms with Gasteiger partial charge in [-0.15, -0.1) is 0 Å². The van der Waals surface area contributed by atoms with Gasteiger partial charge in [0.15, 0.2) is 0 Å². The number of aromatic nitrogens is 2. The lowest BCUT2D eigenvalue weighted by Gasteiger charge is -1.93. The molecule has 64 valence electrons. The first-order valence-electron chi connectivity index (χ1n) is 3.20. The number of nitrogens with zero attached hydrogens (tertiary/aromatic N) is 2. The third-order valence-corrected chi connectivity index (χ3v) is 1.34. The normalized spacial score (nSPS) is 11.7. The van der Waals surface area contributed by atoms with E-state index in [2.05, 4.69) is 5.10 Å². The van der Waals surface area contributed by atoms with Gasteiger partial charge in [0.25, 0.3) is 0 Å². The van der Waals surface area contributed by atoms with Crippen LogP contribution in [0.15, 0.2) is 18.1 Å². The Kier molecular flexibility index (Phi) is 2.23. The second-order valence-corrected chi connectivity index (χ2v) is 2.18. The molecule has 1 N–H and O–H groups in total. The van der Waals surface area contributed by atoms with E-state index in [9.17, 15) is 9.18 Å². The van der Waals surface area contributed by atoms with Crippen LogP contribution in [0, 0.1) is 0 Å². The van der Waals surface area contributed by atoms with Crippen molar-refractivity contribution in [1.29, 1.82) is 0 Å². The molecule has 0 radical (unpaired) electrons. The number of halogens is 1. The number of carboxylic acids is 1. The summed E-state index contributed by atoms with van der Waals surface area (Å²) in [6.45, 7) is 0. The molecule has 0 saturated carbocycles. The fourth-order valence-corrected chi connectivity index (χ4v) is 0.717. The maximum absolute atomic E-state index is 12.5. The van der Waals surface area contributed by atoms with Crippen LogP contribution in [0.4, 0.5) is 4.39 Å². The number of hydrogen-bond donors (Lipinski definition) is 1. The van der Waals surface area contributed by atoms with E-state index in [4.69, 9.17) is 5.11 Å². The van der Waals surface area contributed by atoms with Crippen LogP contribution in [0.3, 0.4) is 0 Å². The first-order valence-corrected chi connectivity index (χ1v) is 3.20. The number of carbonyl (C=O) groups is 1. The Hall–Kier alpha value is -1.65. The number of aryl methyl sites for hydroxylation is 1. The Morgan fingerprint density at radius 1 is 1.83 bits per heavy atom. The molecule has 5 heteroatoms. The van der Waals surface area contributed by atoms with Gasteiger partial charge in [0.05, 0.1) is 5.69 Å². The van der Waals surface area contributed by atoms with Gasteiger partial charge >= 0.3 is 5.97 Å². The Morgan fingerprint density at radius 3 is 2.92 bits per heavy atom. The lowest BCUT2D eigenvalue weighted by Crippen LogP contribution is -1.97. The van der Waals surface area contributed by atoms with Gasteiger partial charge in [0.2, 0.25) is 5.83 Å². The molecule has 0 amide bonds. The summed E-state index contributed by atoms with van der Waals surface area (Å²) in [7, 11) is 1.60. The Balaban J connectivity index is 2.95.